The molecule has 0 aliphatic carbocycles. The van der Waals surface area contributed by atoms with E-state index in [4.69, 9.17) is 9.47 Å². The summed E-state index contributed by atoms with van der Waals surface area (Å²) in [4.78, 5) is 11.7. The minimum atomic E-state index is -0.106. The lowest BCUT2D eigenvalue weighted by molar-refractivity contribution is -0.148. The van der Waals surface area contributed by atoms with E-state index in [0.717, 1.165) is 24.2 Å². The zero-order valence-electron chi connectivity index (χ0n) is 10.7. The summed E-state index contributed by atoms with van der Waals surface area (Å²) in [7, 11) is 1.64. The molecule has 0 fully saturated rings. The molecule has 0 heterocycles. The summed E-state index contributed by atoms with van der Waals surface area (Å²) in [6, 6.07) is 7.79. The second-order valence-electron chi connectivity index (χ2n) is 3.91. The summed E-state index contributed by atoms with van der Waals surface area (Å²) in [5.41, 5.74) is 1.13. The van der Waals surface area contributed by atoms with Crippen molar-refractivity contribution in [2.24, 2.45) is 5.92 Å². The van der Waals surface area contributed by atoms with Gasteiger partial charge in [-0.2, -0.15) is 0 Å². The predicted octanol–water partition coefficient (Wildman–Crippen LogP) is 2.83. The normalized spacial score (nSPS) is 11.9. The quantitative estimate of drug-likeness (QED) is 0.712. The fourth-order valence-electron chi connectivity index (χ4n) is 1.70. The van der Waals surface area contributed by atoms with Crippen LogP contribution >= 0.6 is 0 Å². The fourth-order valence-corrected chi connectivity index (χ4v) is 1.70. The zero-order valence-corrected chi connectivity index (χ0v) is 10.7. The number of carbonyl (C=O) groups excluding carboxylic acids is 1. The predicted molar refractivity (Wildman–Crippen MR) is 67.1 cm³/mol. The maximum atomic E-state index is 11.7. The van der Waals surface area contributed by atoms with Gasteiger partial charge in [0.2, 0.25) is 0 Å². The third kappa shape index (κ3) is 4.10. The minimum absolute atomic E-state index is 0.0525. The van der Waals surface area contributed by atoms with E-state index in [-0.39, 0.29) is 11.9 Å². The molecule has 0 radical (unpaired) electrons. The van der Waals surface area contributed by atoms with Gasteiger partial charge in [0.1, 0.15) is 5.75 Å². The van der Waals surface area contributed by atoms with Gasteiger partial charge < -0.3 is 9.47 Å². The Morgan fingerprint density at radius 2 is 1.88 bits per heavy atom. The van der Waals surface area contributed by atoms with Gasteiger partial charge in [0.15, 0.2) is 0 Å². The molecule has 0 bridgehead atoms. The average Bonchev–Trinajstić information content (AvgIpc) is 2.37. The Bertz CT molecular complexity index is 343. The van der Waals surface area contributed by atoms with Crippen LogP contribution in [-0.2, 0) is 16.0 Å². The van der Waals surface area contributed by atoms with Crippen LogP contribution in [0.15, 0.2) is 24.3 Å². The van der Waals surface area contributed by atoms with Gasteiger partial charge in [-0.05, 0) is 37.5 Å². The van der Waals surface area contributed by atoms with Crippen LogP contribution in [0.1, 0.15) is 25.8 Å². The Morgan fingerprint density at radius 1 is 1.24 bits per heavy atom. The largest absolute Gasteiger partial charge is 0.497 e. The van der Waals surface area contributed by atoms with Crippen LogP contribution in [0.3, 0.4) is 0 Å². The summed E-state index contributed by atoms with van der Waals surface area (Å²) >= 11 is 0. The third-order valence-corrected chi connectivity index (χ3v) is 2.75. The molecule has 0 saturated carbocycles. The maximum Gasteiger partial charge on any atom is 0.309 e. The molecule has 0 aliphatic heterocycles. The van der Waals surface area contributed by atoms with Crippen LogP contribution in [0.2, 0.25) is 0 Å². The van der Waals surface area contributed by atoms with Gasteiger partial charge in [0, 0.05) is 0 Å². The number of hydrogen-bond acceptors (Lipinski definition) is 3. The van der Waals surface area contributed by atoms with Gasteiger partial charge >= 0.3 is 5.97 Å². The van der Waals surface area contributed by atoms with E-state index in [9.17, 15) is 4.79 Å². The van der Waals surface area contributed by atoms with Gasteiger partial charge in [0.25, 0.3) is 0 Å². The van der Waals surface area contributed by atoms with E-state index in [1.807, 2.05) is 38.1 Å². The number of benzene rings is 1. The molecule has 1 aromatic rings. The third-order valence-electron chi connectivity index (χ3n) is 2.75. The average molecular weight is 236 g/mol. The smallest absolute Gasteiger partial charge is 0.309 e. The van der Waals surface area contributed by atoms with Crippen molar-refractivity contribution in [1.29, 1.82) is 0 Å². The van der Waals surface area contributed by atoms with Gasteiger partial charge in [0.05, 0.1) is 19.6 Å². The highest BCUT2D eigenvalue weighted by atomic mass is 16.5. The van der Waals surface area contributed by atoms with Gasteiger partial charge in [-0.15, -0.1) is 0 Å². The van der Waals surface area contributed by atoms with Crippen LogP contribution in [0.5, 0.6) is 5.75 Å². The SMILES string of the molecule is CCOC(=O)[C@H](CC)Cc1ccc(OC)cc1. The van der Waals surface area contributed by atoms with Crippen LogP contribution in [-0.4, -0.2) is 19.7 Å². The number of rotatable bonds is 6. The van der Waals surface area contributed by atoms with E-state index >= 15 is 0 Å². The summed E-state index contributed by atoms with van der Waals surface area (Å²) in [6.45, 7) is 4.28. The standard InChI is InChI=1S/C14H20O3/c1-4-12(14(15)17-5-2)10-11-6-8-13(16-3)9-7-11/h6-9,12H,4-5,10H2,1-3H3/t12-/m1/s1. The highest BCUT2D eigenvalue weighted by Gasteiger charge is 2.17. The molecule has 0 spiro atoms. The van der Waals surface area contributed by atoms with Crippen molar-refractivity contribution in [2.75, 3.05) is 13.7 Å². The van der Waals surface area contributed by atoms with Crippen molar-refractivity contribution in [3.8, 4) is 5.75 Å². The zero-order chi connectivity index (χ0) is 12.7. The number of methoxy groups -OCH3 is 1. The Morgan fingerprint density at radius 3 is 2.35 bits per heavy atom. The van der Waals surface area contributed by atoms with Gasteiger partial charge in [-0.1, -0.05) is 19.1 Å². The summed E-state index contributed by atoms with van der Waals surface area (Å²) in [6.07, 6.45) is 1.52. The van der Waals surface area contributed by atoms with Crippen molar-refractivity contribution in [3.05, 3.63) is 29.8 Å². The second kappa shape index (κ2) is 6.94. The molecule has 0 saturated heterocycles. The molecule has 0 N–H and O–H groups in total. The van der Waals surface area contributed by atoms with Crippen molar-refractivity contribution in [3.63, 3.8) is 0 Å². The van der Waals surface area contributed by atoms with Gasteiger partial charge in [-0.25, -0.2) is 0 Å². The first-order valence-electron chi connectivity index (χ1n) is 6.00. The van der Waals surface area contributed by atoms with E-state index in [0.29, 0.717) is 6.61 Å². The molecule has 94 valence electrons. The number of esters is 1. The molecule has 0 aliphatic rings. The molecule has 1 atom stereocenters. The molecule has 17 heavy (non-hydrogen) atoms. The Hall–Kier alpha value is -1.51. The number of ether oxygens (including phenoxy) is 2. The molecule has 1 rings (SSSR count). The Kier molecular flexibility index (Phi) is 5.53. The molecule has 0 unspecified atom stereocenters. The molecule has 3 heteroatoms. The first kappa shape index (κ1) is 13.6. The molecular formula is C14H20O3. The van der Waals surface area contributed by atoms with Gasteiger partial charge in [-0.3, -0.25) is 4.79 Å². The summed E-state index contributed by atoms with van der Waals surface area (Å²) in [5, 5.41) is 0. The molecule has 3 nitrogen and oxygen atoms in total. The lowest BCUT2D eigenvalue weighted by atomic mass is 9.97. The van der Waals surface area contributed by atoms with Crippen LogP contribution < -0.4 is 4.74 Å². The first-order valence-corrected chi connectivity index (χ1v) is 6.00. The fraction of sp³-hybridized carbons (Fsp3) is 0.500. The molecule has 0 aromatic heterocycles. The monoisotopic (exact) mass is 236 g/mol. The lowest BCUT2D eigenvalue weighted by Gasteiger charge is -2.13. The summed E-state index contributed by atoms with van der Waals surface area (Å²) < 4.78 is 10.1. The van der Waals surface area contributed by atoms with Crippen molar-refractivity contribution >= 4 is 5.97 Å². The number of carbonyl (C=O) groups is 1. The van der Waals surface area contributed by atoms with E-state index in [1.54, 1.807) is 7.11 Å². The molecule has 0 amide bonds. The summed E-state index contributed by atoms with van der Waals surface area (Å²) in [5.74, 6) is 0.673. The molecule has 1 aromatic carbocycles. The Balaban J connectivity index is 2.63. The lowest BCUT2D eigenvalue weighted by Crippen LogP contribution is -2.19. The second-order valence-corrected chi connectivity index (χ2v) is 3.91. The Labute approximate surface area is 103 Å². The van der Waals surface area contributed by atoms with E-state index in [2.05, 4.69) is 0 Å². The molecular weight excluding hydrogens is 216 g/mol. The maximum absolute atomic E-state index is 11.7. The number of hydrogen-bond donors (Lipinski definition) is 0. The van der Waals surface area contributed by atoms with Crippen LogP contribution in [0.25, 0.3) is 0 Å². The van der Waals surface area contributed by atoms with Crippen LogP contribution in [0, 0.1) is 5.92 Å². The highest BCUT2D eigenvalue weighted by molar-refractivity contribution is 5.72. The van der Waals surface area contributed by atoms with Crippen molar-refractivity contribution in [1.82, 2.24) is 0 Å². The minimum Gasteiger partial charge on any atom is -0.497 e. The van der Waals surface area contributed by atoms with E-state index < -0.39 is 0 Å². The van der Waals surface area contributed by atoms with E-state index in [1.165, 1.54) is 0 Å². The highest BCUT2D eigenvalue weighted by Crippen LogP contribution is 2.17. The topological polar surface area (TPSA) is 35.5 Å². The van der Waals surface area contributed by atoms with Crippen LogP contribution in [0.4, 0.5) is 0 Å². The first-order chi connectivity index (χ1) is 8.21. The van der Waals surface area contributed by atoms with Crippen molar-refractivity contribution in [2.45, 2.75) is 26.7 Å². The van der Waals surface area contributed by atoms with Crippen molar-refractivity contribution < 1.29 is 14.3 Å².